The van der Waals surface area contributed by atoms with Crippen molar-refractivity contribution in [1.82, 2.24) is 4.90 Å². The number of hydrogen-bond donors (Lipinski definition) is 1. The molecule has 5 heteroatoms. The van der Waals surface area contributed by atoms with Gasteiger partial charge in [-0.15, -0.1) is 0 Å². The van der Waals surface area contributed by atoms with E-state index in [9.17, 15) is 9.90 Å². The Labute approximate surface area is 138 Å². The Hall–Kier alpha value is -1.90. The lowest BCUT2D eigenvalue weighted by atomic mass is 10.1. The zero-order valence-electron chi connectivity index (χ0n) is 13.7. The molecule has 1 aromatic rings. The maximum Gasteiger partial charge on any atom is 0.241 e. The van der Waals surface area contributed by atoms with Gasteiger partial charge in [-0.05, 0) is 37.9 Å². The molecule has 2 atom stereocenters. The molecule has 0 aliphatic heterocycles. The van der Waals surface area contributed by atoms with Crippen molar-refractivity contribution in [2.24, 2.45) is 5.92 Å². The summed E-state index contributed by atoms with van der Waals surface area (Å²) in [6.07, 6.45) is 3.02. The van der Waals surface area contributed by atoms with Crippen LogP contribution < -0.4 is 4.90 Å². The van der Waals surface area contributed by atoms with Crippen LogP contribution in [0.1, 0.15) is 25.7 Å². The summed E-state index contributed by atoms with van der Waals surface area (Å²) < 4.78 is 0. The Morgan fingerprint density at radius 3 is 2.70 bits per heavy atom. The minimum Gasteiger partial charge on any atom is -0.393 e. The van der Waals surface area contributed by atoms with Crippen LogP contribution in [0.3, 0.4) is 0 Å². The van der Waals surface area contributed by atoms with Crippen LogP contribution in [0.15, 0.2) is 30.3 Å². The van der Waals surface area contributed by atoms with Gasteiger partial charge in [0.15, 0.2) is 0 Å². The molecule has 2 rings (SSSR count). The molecule has 1 saturated carbocycles. The number of rotatable bonds is 7. The summed E-state index contributed by atoms with van der Waals surface area (Å²) in [4.78, 5) is 16.3. The number of amides is 1. The first-order chi connectivity index (χ1) is 11.1. The van der Waals surface area contributed by atoms with Gasteiger partial charge in [-0.25, -0.2) is 0 Å². The summed E-state index contributed by atoms with van der Waals surface area (Å²) in [6, 6.07) is 11.6. The van der Waals surface area contributed by atoms with Crippen molar-refractivity contribution in [3.8, 4) is 6.07 Å². The lowest BCUT2D eigenvalue weighted by molar-refractivity contribution is -0.119. The van der Waals surface area contributed by atoms with E-state index in [0.29, 0.717) is 19.5 Å². The van der Waals surface area contributed by atoms with E-state index >= 15 is 0 Å². The molecule has 124 valence electrons. The highest BCUT2D eigenvalue weighted by Gasteiger charge is 2.27. The number of nitrogens with zero attached hydrogens (tertiary/aromatic N) is 3. The Morgan fingerprint density at radius 1 is 1.35 bits per heavy atom. The lowest BCUT2D eigenvalue weighted by Gasteiger charge is -2.27. The van der Waals surface area contributed by atoms with Crippen molar-refractivity contribution in [2.45, 2.75) is 31.8 Å². The molecule has 0 heterocycles. The van der Waals surface area contributed by atoms with E-state index < -0.39 is 0 Å². The molecule has 0 bridgehead atoms. The van der Waals surface area contributed by atoms with Crippen molar-refractivity contribution in [1.29, 1.82) is 5.26 Å². The van der Waals surface area contributed by atoms with E-state index in [1.165, 1.54) is 0 Å². The predicted molar refractivity (Wildman–Crippen MR) is 89.9 cm³/mol. The van der Waals surface area contributed by atoms with E-state index in [2.05, 4.69) is 6.07 Å². The number of anilines is 1. The van der Waals surface area contributed by atoms with Crippen LogP contribution >= 0.6 is 0 Å². The Kier molecular flexibility index (Phi) is 6.57. The van der Waals surface area contributed by atoms with Crippen LogP contribution in [-0.2, 0) is 4.79 Å². The van der Waals surface area contributed by atoms with Gasteiger partial charge >= 0.3 is 0 Å². The first-order valence-electron chi connectivity index (χ1n) is 8.20. The number of hydrogen-bond acceptors (Lipinski definition) is 4. The highest BCUT2D eigenvalue weighted by Crippen LogP contribution is 2.26. The van der Waals surface area contributed by atoms with Crippen LogP contribution in [0.5, 0.6) is 0 Å². The number of nitriles is 1. The number of likely N-dealkylation sites (N-methyl/N-ethyl adjacent to an activating group) is 1. The van der Waals surface area contributed by atoms with E-state index in [1.807, 2.05) is 42.3 Å². The molecular formula is C18H25N3O2. The molecule has 2 unspecified atom stereocenters. The second kappa shape index (κ2) is 8.66. The number of aliphatic hydroxyl groups is 1. The average molecular weight is 315 g/mol. The fraction of sp³-hybridized carbons (Fsp3) is 0.556. The van der Waals surface area contributed by atoms with Gasteiger partial charge in [0.1, 0.15) is 0 Å². The molecule has 1 fully saturated rings. The van der Waals surface area contributed by atoms with Crippen molar-refractivity contribution >= 4 is 11.6 Å². The quantitative estimate of drug-likeness (QED) is 0.836. The highest BCUT2D eigenvalue weighted by atomic mass is 16.3. The molecule has 23 heavy (non-hydrogen) atoms. The summed E-state index contributed by atoms with van der Waals surface area (Å²) in [6.45, 7) is 1.43. The first kappa shape index (κ1) is 17.5. The SMILES string of the molecule is CN(CC(=O)N(CCC#N)c1ccccc1)CC1CCCC1O. The largest absolute Gasteiger partial charge is 0.393 e. The van der Waals surface area contributed by atoms with Gasteiger partial charge in [0.05, 0.1) is 25.1 Å². The topological polar surface area (TPSA) is 67.6 Å². The number of carbonyl (C=O) groups excluding carboxylic acids is 1. The van der Waals surface area contributed by atoms with E-state index in [-0.39, 0.29) is 17.9 Å². The molecule has 1 aromatic carbocycles. The predicted octanol–water partition coefficient (Wildman–Crippen LogP) is 2.03. The van der Waals surface area contributed by atoms with Gasteiger partial charge in [-0.3, -0.25) is 9.69 Å². The van der Waals surface area contributed by atoms with Gasteiger partial charge in [0, 0.05) is 18.8 Å². The molecule has 0 spiro atoms. The maximum absolute atomic E-state index is 12.6. The normalized spacial score (nSPS) is 20.4. The van der Waals surface area contributed by atoms with Crippen molar-refractivity contribution < 1.29 is 9.90 Å². The minimum atomic E-state index is -0.239. The second-order valence-corrected chi connectivity index (χ2v) is 6.24. The first-order valence-corrected chi connectivity index (χ1v) is 8.20. The van der Waals surface area contributed by atoms with E-state index in [0.717, 1.165) is 31.5 Å². The number of carbonyl (C=O) groups is 1. The zero-order chi connectivity index (χ0) is 16.7. The van der Waals surface area contributed by atoms with Crippen LogP contribution in [0.25, 0.3) is 0 Å². The fourth-order valence-corrected chi connectivity index (χ4v) is 3.18. The molecule has 1 amide bonds. The van der Waals surface area contributed by atoms with Crippen molar-refractivity contribution in [2.75, 3.05) is 31.6 Å². The summed E-state index contributed by atoms with van der Waals surface area (Å²) in [5.41, 5.74) is 0.821. The Balaban J connectivity index is 1.95. The molecule has 0 radical (unpaired) electrons. The fourth-order valence-electron chi connectivity index (χ4n) is 3.18. The number of para-hydroxylation sites is 1. The Morgan fingerprint density at radius 2 is 2.09 bits per heavy atom. The van der Waals surface area contributed by atoms with E-state index in [4.69, 9.17) is 5.26 Å². The summed E-state index contributed by atoms with van der Waals surface area (Å²) in [5.74, 6) is 0.249. The van der Waals surface area contributed by atoms with Crippen LogP contribution in [-0.4, -0.2) is 48.7 Å². The third kappa shape index (κ3) is 5.05. The smallest absolute Gasteiger partial charge is 0.241 e. The average Bonchev–Trinajstić information content (AvgIpc) is 2.93. The van der Waals surface area contributed by atoms with Gasteiger partial charge in [0.2, 0.25) is 5.91 Å². The van der Waals surface area contributed by atoms with Crippen LogP contribution in [0, 0.1) is 17.2 Å². The van der Waals surface area contributed by atoms with Crippen LogP contribution in [0.2, 0.25) is 0 Å². The molecule has 0 aromatic heterocycles. The molecule has 1 N–H and O–H groups in total. The Bertz CT molecular complexity index is 541. The standard InChI is InChI=1S/C18H25N3O2/c1-20(13-15-7-5-10-17(15)22)14-18(23)21(12-6-11-19)16-8-3-2-4-9-16/h2-4,8-9,15,17,22H,5-7,10,12-14H2,1H3. The molecule has 1 aliphatic carbocycles. The van der Waals surface area contributed by atoms with Crippen molar-refractivity contribution in [3.05, 3.63) is 30.3 Å². The van der Waals surface area contributed by atoms with Gasteiger partial charge in [-0.1, -0.05) is 24.6 Å². The van der Waals surface area contributed by atoms with Crippen molar-refractivity contribution in [3.63, 3.8) is 0 Å². The van der Waals surface area contributed by atoms with E-state index in [1.54, 1.807) is 4.90 Å². The summed E-state index contributed by atoms with van der Waals surface area (Å²) >= 11 is 0. The number of aliphatic hydroxyl groups excluding tert-OH is 1. The molecular weight excluding hydrogens is 290 g/mol. The summed E-state index contributed by atoms with van der Waals surface area (Å²) in [5, 5.41) is 18.7. The van der Waals surface area contributed by atoms with Crippen LogP contribution in [0.4, 0.5) is 5.69 Å². The van der Waals surface area contributed by atoms with Gasteiger partial charge in [-0.2, -0.15) is 5.26 Å². The number of benzene rings is 1. The summed E-state index contributed by atoms with van der Waals surface area (Å²) in [7, 11) is 1.91. The molecule has 0 saturated heterocycles. The third-order valence-corrected chi connectivity index (χ3v) is 4.39. The van der Waals surface area contributed by atoms with Gasteiger partial charge in [0.25, 0.3) is 0 Å². The monoisotopic (exact) mass is 315 g/mol. The lowest BCUT2D eigenvalue weighted by Crippen LogP contribution is -2.41. The third-order valence-electron chi connectivity index (χ3n) is 4.39. The molecule has 1 aliphatic rings. The molecule has 5 nitrogen and oxygen atoms in total. The zero-order valence-corrected chi connectivity index (χ0v) is 13.7. The highest BCUT2D eigenvalue weighted by molar-refractivity contribution is 5.94. The maximum atomic E-state index is 12.6. The minimum absolute atomic E-state index is 0.0126. The second-order valence-electron chi connectivity index (χ2n) is 6.24. The van der Waals surface area contributed by atoms with Gasteiger partial charge < -0.3 is 10.0 Å².